The van der Waals surface area contributed by atoms with Crippen LogP contribution in [-0.2, 0) is 20.9 Å². The Hall–Kier alpha value is -2.30. The standard InChI is InChI=1S/C19H18ClF3N2O4S/c20-17-7-6-15(10-16(17)18(26)24-11-14-5-2-8-29-14)30(27,28)25-13-4-1-3-12(9-13)19(21,22)23/h1,3-4,6-7,9-10,14,25H,2,5,8,11H2,(H,24,26). The number of nitrogens with one attached hydrogen (secondary N) is 2. The van der Waals surface area contributed by atoms with Crippen molar-refractivity contribution >= 4 is 33.2 Å². The van der Waals surface area contributed by atoms with Crippen LogP contribution in [0.15, 0.2) is 47.4 Å². The average molecular weight is 463 g/mol. The highest BCUT2D eigenvalue weighted by Gasteiger charge is 2.31. The Labute approximate surface area is 176 Å². The van der Waals surface area contributed by atoms with Crippen molar-refractivity contribution in [2.24, 2.45) is 0 Å². The molecule has 30 heavy (non-hydrogen) atoms. The first-order chi connectivity index (χ1) is 14.1. The third-order valence-electron chi connectivity index (χ3n) is 4.45. The predicted octanol–water partition coefficient (Wildman–Crippen LogP) is 4.07. The Morgan fingerprint density at radius 2 is 1.97 bits per heavy atom. The molecule has 1 amide bonds. The van der Waals surface area contributed by atoms with E-state index in [1.165, 1.54) is 12.1 Å². The molecule has 2 aromatic carbocycles. The van der Waals surface area contributed by atoms with Gasteiger partial charge < -0.3 is 10.1 Å². The number of ether oxygens (including phenoxy) is 1. The minimum atomic E-state index is -4.62. The molecule has 2 aromatic rings. The fourth-order valence-corrected chi connectivity index (χ4v) is 4.20. The summed E-state index contributed by atoms with van der Waals surface area (Å²) in [7, 11) is -4.26. The van der Waals surface area contributed by atoms with Crippen LogP contribution in [0.4, 0.5) is 18.9 Å². The molecule has 1 fully saturated rings. The van der Waals surface area contributed by atoms with E-state index in [-0.39, 0.29) is 33.8 Å². The van der Waals surface area contributed by atoms with Gasteiger partial charge in [0.2, 0.25) is 0 Å². The molecule has 0 spiro atoms. The zero-order chi connectivity index (χ0) is 21.9. The smallest absolute Gasteiger partial charge is 0.376 e. The van der Waals surface area contributed by atoms with Crippen molar-refractivity contribution in [3.05, 3.63) is 58.6 Å². The van der Waals surface area contributed by atoms with E-state index in [9.17, 15) is 26.4 Å². The Morgan fingerprint density at radius 3 is 2.63 bits per heavy atom. The van der Waals surface area contributed by atoms with Gasteiger partial charge in [-0.15, -0.1) is 0 Å². The van der Waals surface area contributed by atoms with Gasteiger partial charge in [-0.3, -0.25) is 9.52 Å². The lowest BCUT2D eigenvalue weighted by atomic mass is 10.2. The first-order valence-corrected chi connectivity index (χ1v) is 10.8. The lowest BCUT2D eigenvalue weighted by Crippen LogP contribution is -2.32. The van der Waals surface area contributed by atoms with Crippen LogP contribution in [0.2, 0.25) is 5.02 Å². The van der Waals surface area contributed by atoms with E-state index in [1.54, 1.807) is 0 Å². The lowest BCUT2D eigenvalue weighted by Gasteiger charge is -2.14. The summed E-state index contributed by atoms with van der Waals surface area (Å²) in [6.45, 7) is 0.880. The summed E-state index contributed by atoms with van der Waals surface area (Å²) in [6.07, 6.45) is -3.02. The molecule has 11 heteroatoms. The fourth-order valence-electron chi connectivity index (χ4n) is 2.93. The molecule has 162 valence electrons. The molecule has 0 aromatic heterocycles. The quantitative estimate of drug-likeness (QED) is 0.677. The van der Waals surface area contributed by atoms with Crippen molar-refractivity contribution < 1.29 is 31.1 Å². The van der Waals surface area contributed by atoms with Gasteiger partial charge in [0, 0.05) is 18.8 Å². The highest BCUT2D eigenvalue weighted by Crippen LogP contribution is 2.31. The van der Waals surface area contributed by atoms with Gasteiger partial charge >= 0.3 is 6.18 Å². The highest BCUT2D eigenvalue weighted by atomic mass is 35.5. The van der Waals surface area contributed by atoms with Crippen molar-refractivity contribution in [2.75, 3.05) is 17.9 Å². The molecule has 1 aliphatic heterocycles. The molecule has 0 saturated carbocycles. The Morgan fingerprint density at radius 1 is 1.20 bits per heavy atom. The zero-order valence-electron chi connectivity index (χ0n) is 15.5. The number of hydrogen-bond donors (Lipinski definition) is 2. The first kappa shape index (κ1) is 22.4. The third-order valence-corrected chi connectivity index (χ3v) is 6.16. The molecule has 0 radical (unpaired) electrons. The van der Waals surface area contributed by atoms with Gasteiger partial charge in [-0.05, 0) is 49.2 Å². The van der Waals surface area contributed by atoms with Crippen molar-refractivity contribution in [2.45, 2.75) is 30.0 Å². The van der Waals surface area contributed by atoms with Crippen molar-refractivity contribution in [1.82, 2.24) is 5.32 Å². The Balaban J connectivity index is 1.79. The van der Waals surface area contributed by atoms with E-state index >= 15 is 0 Å². The van der Waals surface area contributed by atoms with Gasteiger partial charge in [-0.1, -0.05) is 17.7 Å². The number of carbonyl (C=O) groups excluding carboxylic acids is 1. The maximum absolute atomic E-state index is 12.8. The van der Waals surface area contributed by atoms with Gasteiger partial charge in [-0.2, -0.15) is 13.2 Å². The second-order valence-electron chi connectivity index (χ2n) is 6.67. The predicted molar refractivity (Wildman–Crippen MR) is 105 cm³/mol. The normalized spacial score (nSPS) is 17.0. The van der Waals surface area contributed by atoms with Crippen molar-refractivity contribution in [3.8, 4) is 0 Å². The van der Waals surface area contributed by atoms with E-state index < -0.39 is 27.7 Å². The van der Waals surface area contributed by atoms with Crippen LogP contribution in [0.25, 0.3) is 0 Å². The average Bonchev–Trinajstić information content (AvgIpc) is 3.19. The second kappa shape index (κ2) is 8.83. The summed E-state index contributed by atoms with van der Waals surface area (Å²) in [5, 5.41) is 2.69. The summed E-state index contributed by atoms with van der Waals surface area (Å²) >= 11 is 6.04. The maximum atomic E-state index is 12.8. The van der Waals surface area contributed by atoms with E-state index in [4.69, 9.17) is 16.3 Å². The number of halogens is 4. The zero-order valence-corrected chi connectivity index (χ0v) is 17.1. The first-order valence-electron chi connectivity index (χ1n) is 8.96. The number of alkyl halides is 3. The lowest BCUT2D eigenvalue weighted by molar-refractivity contribution is -0.137. The Bertz CT molecular complexity index is 1040. The fraction of sp³-hybridized carbons (Fsp3) is 0.316. The van der Waals surface area contributed by atoms with Crippen LogP contribution in [0.1, 0.15) is 28.8 Å². The minimum absolute atomic E-state index is 0.0397. The molecule has 1 atom stereocenters. The van der Waals surface area contributed by atoms with E-state index in [2.05, 4.69) is 10.0 Å². The highest BCUT2D eigenvalue weighted by molar-refractivity contribution is 7.92. The van der Waals surface area contributed by atoms with Gasteiger partial charge in [0.1, 0.15) is 0 Å². The molecule has 6 nitrogen and oxygen atoms in total. The number of benzene rings is 2. The van der Waals surface area contributed by atoms with Gasteiger partial charge in [0.05, 0.1) is 27.1 Å². The molecule has 1 aliphatic rings. The third kappa shape index (κ3) is 5.44. The number of sulfonamides is 1. The van der Waals surface area contributed by atoms with Crippen LogP contribution in [0.5, 0.6) is 0 Å². The molecule has 1 heterocycles. The Kier molecular flexibility index (Phi) is 6.59. The number of rotatable bonds is 6. The van der Waals surface area contributed by atoms with Crippen LogP contribution in [-0.4, -0.2) is 33.6 Å². The molecular formula is C19H18ClF3N2O4S. The molecule has 1 saturated heterocycles. The summed E-state index contributed by atoms with van der Waals surface area (Å²) in [4.78, 5) is 12.1. The maximum Gasteiger partial charge on any atom is 0.416 e. The molecule has 1 unspecified atom stereocenters. The number of hydrogen-bond acceptors (Lipinski definition) is 4. The van der Waals surface area contributed by atoms with Crippen LogP contribution in [0.3, 0.4) is 0 Å². The number of anilines is 1. The van der Waals surface area contributed by atoms with Crippen molar-refractivity contribution in [1.29, 1.82) is 0 Å². The van der Waals surface area contributed by atoms with E-state index in [1.807, 2.05) is 0 Å². The van der Waals surface area contributed by atoms with Crippen molar-refractivity contribution in [3.63, 3.8) is 0 Å². The molecule has 3 rings (SSSR count). The summed E-state index contributed by atoms with van der Waals surface area (Å²) in [6, 6.07) is 7.27. The second-order valence-corrected chi connectivity index (χ2v) is 8.76. The van der Waals surface area contributed by atoms with Gasteiger partial charge in [-0.25, -0.2) is 8.42 Å². The summed E-state index contributed by atoms with van der Waals surface area (Å²) in [5.74, 6) is -0.577. The van der Waals surface area contributed by atoms with Crippen LogP contribution < -0.4 is 10.0 Å². The topological polar surface area (TPSA) is 84.5 Å². The molecule has 0 bridgehead atoms. The van der Waals surface area contributed by atoms with Crippen LogP contribution in [0, 0.1) is 0 Å². The summed E-state index contributed by atoms with van der Waals surface area (Å²) in [5.41, 5.74) is -1.32. The number of amides is 1. The molecule has 0 aliphatic carbocycles. The SMILES string of the molecule is O=C(NCC1CCCO1)c1cc(S(=O)(=O)Nc2cccc(C(F)(F)F)c2)ccc1Cl. The monoisotopic (exact) mass is 462 g/mol. The largest absolute Gasteiger partial charge is 0.416 e. The van der Waals surface area contributed by atoms with Crippen LogP contribution >= 0.6 is 11.6 Å². The molecular weight excluding hydrogens is 445 g/mol. The molecule has 2 N–H and O–H groups in total. The number of carbonyl (C=O) groups is 1. The van der Waals surface area contributed by atoms with Gasteiger partial charge in [0.15, 0.2) is 0 Å². The van der Waals surface area contributed by atoms with E-state index in [0.29, 0.717) is 12.7 Å². The summed E-state index contributed by atoms with van der Waals surface area (Å²) < 4.78 is 71.3. The minimum Gasteiger partial charge on any atom is -0.376 e. The van der Waals surface area contributed by atoms with Gasteiger partial charge in [0.25, 0.3) is 15.9 Å². The van der Waals surface area contributed by atoms with E-state index in [0.717, 1.165) is 37.1 Å².